The highest BCUT2D eigenvalue weighted by Gasteiger charge is 2.53. The predicted molar refractivity (Wildman–Crippen MR) is 139 cm³/mol. The fourth-order valence-electron chi connectivity index (χ4n) is 5.15. The maximum Gasteiger partial charge on any atom is 0.248 e. The average molecular weight is 513 g/mol. The molecule has 176 valence electrons. The maximum atomic E-state index is 13.7. The Labute approximate surface area is 213 Å². The molecule has 3 aromatic rings. The second kappa shape index (κ2) is 9.29. The fraction of sp³-hybridized carbons (Fsp3) is 0.308. The number of carbonyl (C=O) groups is 2. The zero-order valence-electron chi connectivity index (χ0n) is 18.5. The summed E-state index contributed by atoms with van der Waals surface area (Å²) in [5.41, 5.74) is 2.10. The van der Waals surface area contributed by atoms with Crippen LogP contribution < -0.4 is 4.90 Å². The van der Waals surface area contributed by atoms with Gasteiger partial charge >= 0.3 is 0 Å². The molecule has 2 aliphatic heterocycles. The summed E-state index contributed by atoms with van der Waals surface area (Å²) in [6.45, 7) is 2.08. The van der Waals surface area contributed by atoms with Crippen LogP contribution in [0, 0.1) is 0 Å². The molecule has 2 fully saturated rings. The zero-order valence-corrected chi connectivity index (χ0v) is 21.0. The SMILES string of the molecule is O=C1CC(c2ccc(N3CCCCC3)cc2)(c2ccsc2)N(S)C(=O)C1c1cc(O)ccc1Cl. The minimum Gasteiger partial charge on any atom is -0.508 e. The highest BCUT2D eigenvalue weighted by atomic mass is 35.5. The summed E-state index contributed by atoms with van der Waals surface area (Å²) < 4.78 is 1.39. The molecule has 5 nitrogen and oxygen atoms in total. The van der Waals surface area contributed by atoms with Crippen molar-refractivity contribution in [3.05, 3.63) is 81.0 Å². The molecule has 1 amide bonds. The Morgan fingerprint density at radius 1 is 1.00 bits per heavy atom. The van der Waals surface area contributed by atoms with Crippen LogP contribution in [-0.2, 0) is 15.1 Å². The molecule has 2 atom stereocenters. The largest absolute Gasteiger partial charge is 0.508 e. The van der Waals surface area contributed by atoms with E-state index in [0.29, 0.717) is 5.56 Å². The second-order valence-corrected chi connectivity index (χ2v) is 10.5. The van der Waals surface area contributed by atoms with Gasteiger partial charge in [0.05, 0.1) is 0 Å². The Morgan fingerprint density at radius 2 is 1.74 bits per heavy atom. The van der Waals surface area contributed by atoms with Crippen LogP contribution in [-0.4, -0.2) is 34.2 Å². The number of hydrogen-bond donors (Lipinski definition) is 2. The van der Waals surface area contributed by atoms with Crippen molar-refractivity contribution in [3.8, 4) is 5.75 Å². The number of amides is 1. The van der Waals surface area contributed by atoms with E-state index in [1.165, 1.54) is 53.1 Å². The lowest BCUT2D eigenvalue weighted by molar-refractivity contribution is -0.142. The van der Waals surface area contributed by atoms with Gasteiger partial charge in [-0.05, 0) is 83.1 Å². The van der Waals surface area contributed by atoms with E-state index in [-0.39, 0.29) is 23.0 Å². The molecule has 0 aliphatic carbocycles. The molecule has 5 rings (SSSR count). The summed E-state index contributed by atoms with van der Waals surface area (Å²) in [4.78, 5) is 29.6. The molecule has 0 radical (unpaired) electrons. The number of halogens is 1. The van der Waals surface area contributed by atoms with Gasteiger partial charge in [-0.1, -0.05) is 36.5 Å². The third kappa shape index (κ3) is 3.89. The molecule has 2 saturated heterocycles. The standard InChI is InChI=1S/C26H25ClN2O3S2/c27-22-9-8-20(30)14-21(22)24-23(31)15-26(29(33)25(24)32,18-10-13-34-16-18)17-4-6-19(7-5-17)28-11-2-1-3-12-28/h4-10,13-14,16,24,30,33H,1-3,11-12,15H2. The number of carbonyl (C=O) groups excluding carboxylic acids is 2. The van der Waals surface area contributed by atoms with Gasteiger partial charge in [0.2, 0.25) is 5.91 Å². The molecule has 0 bridgehead atoms. The normalized spacial score (nSPS) is 23.4. The van der Waals surface area contributed by atoms with E-state index in [1.807, 2.05) is 29.0 Å². The summed E-state index contributed by atoms with van der Waals surface area (Å²) in [5, 5.41) is 14.1. The van der Waals surface area contributed by atoms with E-state index < -0.39 is 17.4 Å². The molecule has 0 spiro atoms. The third-order valence-electron chi connectivity index (χ3n) is 6.92. The van der Waals surface area contributed by atoms with Crippen LogP contribution in [0.15, 0.2) is 59.3 Å². The Morgan fingerprint density at radius 3 is 2.41 bits per heavy atom. The highest BCUT2D eigenvalue weighted by Crippen LogP contribution is 2.49. The number of thiol groups is 1. The van der Waals surface area contributed by atoms with Crippen molar-refractivity contribution in [2.24, 2.45) is 0 Å². The van der Waals surface area contributed by atoms with E-state index >= 15 is 0 Å². The van der Waals surface area contributed by atoms with Crippen LogP contribution >= 0.6 is 35.8 Å². The number of rotatable bonds is 4. The highest BCUT2D eigenvalue weighted by molar-refractivity contribution is 7.78. The average Bonchev–Trinajstić information content (AvgIpc) is 3.40. The van der Waals surface area contributed by atoms with Gasteiger partial charge in [-0.25, -0.2) is 0 Å². The van der Waals surface area contributed by atoms with Gasteiger partial charge in [0.1, 0.15) is 17.2 Å². The maximum absolute atomic E-state index is 13.7. The predicted octanol–water partition coefficient (Wildman–Crippen LogP) is 5.77. The van der Waals surface area contributed by atoms with E-state index in [4.69, 9.17) is 24.4 Å². The molecule has 34 heavy (non-hydrogen) atoms. The Bertz CT molecular complexity index is 1210. The quantitative estimate of drug-likeness (QED) is 0.344. The van der Waals surface area contributed by atoms with Gasteiger partial charge in [0.15, 0.2) is 5.78 Å². The summed E-state index contributed by atoms with van der Waals surface area (Å²) in [5.74, 6) is -1.88. The Balaban J connectivity index is 1.56. The van der Waals surface area contributed by atoms with Crippen LogP contribution in [0.4, 0.5) is 5.69 Å². The van der Waals surface area contributed by atoms with Crippen LogP contribution in [0.5, 0.6) is 5.75 Å². The first-order chi connectivity index (χ1) is 16.4. The number of thiophene rings is 1. The summed E-state index contributed by atoms with van der Waals surface area (Å²) in [7, 11) is 0. The van der Waals surface area contributed by atoms with E-state index in [9.17, 15) is 14.7 Å². The lowest BCUT2D eigenvalue weighted by Crippen LogP contribution is -2.54. The van der Waals surface area contributed by atoms with E-state index in [2.05, 4.69) is 17.0 Å². The van der Waals surface area contributed by atoms with Crippen molar-refractivity contribution >= 4 is 53.1 Å². The number of anilines is 1. The van der Waals surface area contributed by atoms with Gasteiger partial charge in [-0.15, -0.1) is 0 Å². The fourth-order valence-corrected chi connectivity index (χ4v) is 6.52. The number of nitrogens with zero attached hydrogens (tertiary/aromatic N) is 2. The van der Waals surface area contributed by atoms with Crippen molar-refractivity contribution in [2.75, 3.05) is 18.0 Å². The number of benzene rings is 2. The Hall–Kier alpha value is -2.48. The second-order valence-electron chi connectivity index (χ2n) is 8.90. The molecular formula is C26H25ClN2O3S2. The molecule has 1 aromatic heterocycles. The number of ketones is 1. The molecule has 2 aliphatic rings. The topological polar surface area (TPSA) is 60.9 Å². The van der Waals surface area contributed by atoms with Gasteiger partial charge in [-0.3, -0.25) is 13.9 Å². The van der Waals surface area contributed by atoms with Crippen LogP contribution in [0.2, 0.25) is 5.02 Å². The Kier molecular flexibility index (Phi) is 6.35. The van der Waals surface area contributed by atoms with Crippen molar-refractivity contribution in [2.45, 2.75) is 37.1 Å². The first-order valence-corrected chi connectivity index (χ1v) is 13.1. The summed E-state index contributed by atoms with van der Waals surface area (Å²) in [6.07, 6.45) is 3.69. The number of phenolic OH excluding ortho intramolecular Hbond substituents is 1. The molecule has 8 heteroatoms. The summed E-state index contributed by atoms with van der Waals surface area (Å²) in [6, 6.07) is 14.4. The van der Waals surface area contributed by atoms with Gasteiger partial charge in [-0.2, -0.15) is 11.3 Å². The number of aromatic hydroxyl groups is 1. The van der Waals surface area contributed by atoms with Crippen molar-refractivity contribution in [3.63, 3.8) is 0 Å². The zero-order chi connectivity index (χ0) is 23.9. The molecule has 3 heterocycles. The first kappa shape index (κ1) is 23.3. The van der Waals surface area contributed by atoms with Crippen LogP contribution in [0.25, 0.3) is 0 Å². The van der Waals surface area contributed by atoms with Gasteiger partial charge in [0, 0.05) is 30.2 Å². The molecule has 0 saturated carbocycles. The number of piperidine rings is 2. The van der Waals surface area contributed by atoms with Crippen molar-refractivity contribution in [1.29, 1.82) is 0 Å². The molecule has 2 aromatic carbocycles. The first-order valence-electron chi connectivity index (χ1n) is 11.3. The van der Waals surface area contributed by atoms with Gasteiger partial charge < -0.3 is 10.0 Å². The van der Waals surface area contributed by atoms with Crippen LogP contribution in [0.1, 0.15) is 48.3 Å². The van der Waals surface area contributed by atoms with E-state index in [0.717, 1.165) is 29.9 Å². The van der Waals surface area contributed by atoms with Gasteiger partial charge in [0.25, 0.3) is 0 Å². The molecule has 1 N–H and O–H groups in total. The third-order valence-corrected chi connectivity index (χ3v) is 8.49. The van der Waals surface area contributed by atoms with Crippen molar-refractivity contribution in [1.82, 2.24) is 4.31 Å². The minimum atomic E-state index is -1.11. The van der Waals surface area contributed by atoms with Crippen LogP contribution in [0.3, 0.4) is 0 Å². The molecular weight excluding hydrogens is 488 g/mol. The number of hydrogen-bond acceptors (Lipinski definition) is 6. The number of phenols is 1. The minimum absolute atomic E-state index is 0.0475. The number of Topliss-reactive ketones (excluding diaryl/α,β-unsaturated/α-hetero) is 1. The monoisotopic (exact) mass is 512 g/mol. The molecule has 2 unspecified atom stereocenters. The van der Waals surface area contributed by atoms with E-state index in [1.54, 1.807) is 0 Å². The lowest BCUT2D eigenvalue weighted by Gasteiger charge is -2.46. The lowest BCUT2D eigenvalue weighted by atomic mass is 9.73. The smallest absolute Gasteiger partial charge is 0.248 e. The van der Waals surface area contributed by atoms with Crippen molar-refractivity contribution < 1.29 is 14.7 Å². The summed E-state index contributed by atoms with van der Waals surface area (Å²) >= 11 is 12.5.